The third-order valence-electron chi connectivity index (χ3n) is 3.63. The highest BCUT2D eigenvalue weighted by Crippen LogP contribution is 2.36. The van der Waals surface area contributed by atoms with Crippen molar-refractivity contribution >= 4 is 51.9 Å². The number of hydrogen-bond acceptors (Lipinski definition) is 5. The first-order valence-electron chi connectivity index (χ1n) is 7.12. The summed E-state index contributed by atoms with van der Waals surface area (Å²) in [5, 5.41) is 10.8. The van der Waals surface area contributed by atoms with Gasteiger partial charge in [-0.2, -0.15) is 0 Å². The molecule has 3 rings (SSSR count). The van der Waals surface area contributed by atoms with Crippen LogP contribution in [0.25, 0.3) is 6.08 Å². The topological polar surface area (TPSA) is 60.4 Å². The smallest absolute Gasteiger partial charge is 0.270 e. The van der Waals surface area contributed by atoms with Crippen LogP contribution in [0.3, 0.4) is 0 Å². The number of carbonyl (C=O) groups is 2. The van der Waals surface area contributed by atoms with Crippen LogP contribution in [-0.4, -0.2) is 16.2 Å². The van der Waals surface area contributed by atoms with Gasteiger partial charge in [0.05, 0.1) is 16.6 Å². The van der Waals surface area contributed by atoms with Gasteiger partial charge >= 0.3 is 0 Å². The highest BCUT2D eigenvalue weighted by molar-refractivity contribution is 8.27. The summed E-state index contributed by atoms with van der Waals surface area (Å²) < 4.78 is 0.418. The molecule has 1 aliphatic heterocycles. The van der Waals surface area contributed by atoms with Crippen molar-refractivity contribution in [1.82, 2.24) is 0 Å². The fourth-order valence-corrected chi connectivity index (χ4v) is 3.62. The van der Waals surface area contributed by atoms with E-state index in [0.29, 0.717) is 14.9 Å². The van der Waals surface area contributed by atoms with Crippen LogP contribution in [0.15, 0.2) is 53.4 Å². The Kier molecular flexibility index (Phi) is 4.51. The molecule has 0 unspecified atom stereocenters. The third-order valence-corrected chi connectivity index (χ3v) is 4.93. The Balaban J connectivity index is 1.92. The molecule has 6 heteroatoms. The molecule has 0 spiro atoms. The summed E-state index contributed by atoms with van der Waals surface area (Å²) in [4.78, 5) is 25.4. The van der Waals surface area contributed by atoms with Crippen LogP contribution in [0.2, 0.25) is 0 Å². The average Bonchev–Trinajstić information content (AvgIpc) is 2.84. The molecule has 2 aromatic carbocycles. The van der Waals surface area contributed by atoms with Gasteiger partial charge in [-0.3, -0.25) is 9.69 Å². The summed E-state index contributed by atoms with van der Waals surface area (Å²) in [6.45, 7) is 1.98. The second kappa shape index (κ2) is 6.59. The highest BCUT2D eigenvalue weighted by Gasteiger charge is 2.33. The van der Waals surface area contributed by atoms with Gasteiger partial charge in [0.2, 0.25) is 0 Å². The predicted octanol–water partition coefficient (Wildman–Crippen LogP) is 2.76. The summed E-state index contributed by atoms with van der Waals surface area (Å²) in [5.74, 6) is -1.47. The van der Waals surface area contributed by atoms with Crippen LogP contribution >= 0.6 is 24.0 Å². The SMILES string of the molecule is Cc1ccccc1/C=C1\SC(=S)N(c2ccc(C(=O)[O-])cc2)C1=O. The number of thiocarbonyl (C=S) groups is 1. The highest BCUT2D eigenvalue weighted by atomic mass is 32.2. The van der Waals surface area contributed by atoms with E-state index in [-0.39, 0.29) is 11.5 Å². The number of aromatic carboxylic acids is 1. The molecule has 2 aromatic rings. The number of carboxylic acids is 1. The molecule has 4 nitrogen and oxygen atoms in total. The van der Waals surface area contributed by atoms with Crippen LogP contribution in [0.5, 0.6) is 0 Å². The fourth-order valence-electron chi connectivity index (χ4n) is 2.33. The van der Waals surface area contributed by atoms with E-state index in [1.54, 1.807) is 12.1 Å². The predicted molar refractivity (Wildman–Crippen MR) is 97.6 cm³/mol. The molecule has 0 aromatic heterocycles. The molecule has 1 aliphatic rings. The Morgan fingerprint density at radius 1 is 1.17 bits per heavy atom. The van der Waals surface area contributed by atoms with Gasteiger partial charge in [-0.25, -0.2) is 0 Å². The van der Waals surface area contributed by atoms with Crippen molar-refractivity contribution in [1.29, 1.82) is 0 Å². The average molecular weight is 354 g/mol. The largest absolute Gasteiger partial charge is 0.545 e. The molecule has 0 saturated carbocycles. The standard InChI is InChI=1S/C18H13NO3S2/c1-11-4-2-3-5-13(11)10-15-16(20)19(18(23)24-15)14-8-6-12(7-9-14)17(21)22/h2-10H,1H3,(H,21,22)/p-1/b15-10-. The van der Waals surface area contributed by atoms with Crippen LogP contribution in [0, 0.1) is 6.92 Å². The number of anilines is 1. The summed E-state index contributed by atoms with van der Waals surface area (Å²) in [5.41, 5.74) is 2.63. The third kappa shape index (κ3) is 3.11. The number of benzene rings is 2. The molecule has 0 bridgehead atoms. The molecule has 1 amide bonds. The number of carboxylic acid groups (broad SMARTS) is 1. The molecular formula is C18H12NO3S2-. The van der Waals surface area contributed by atoms with Gasteiger partial charge in [0.1, 0.15) is 0 Å². The lowest BCUT2D eigenvalue weighted by Gasteiger charge is -2.15. The van der Waals surface area contributed by atoms with Crippen LogP contribution < -0.4 is 10.0 Å². The molecular weight excluding hydrogens is 342 g/mol. The van der Waals surface area contributed by atoms with Crippen LogP contribution in [0.4, 0.5) is 5.69 Å². The maximum atomic E-state index is 12.7. The number of hydrogen-bond donors (Lipinski definition) is 0. The Hall–Kier alpha value is -2.44. The molecule has 1 saturated heterocycles. The quantitative estimate of drug-likeness (QED) is 0.627. The molecule has 0 radical (unpaired) electrons. The maximum absolute atomic E-state index is 12.7. The number of amides is 1. The zero-order chi connectivity index (χ0) is 17.3. The van der Waals surface area contributed by atoms with Gasteiger partial charge in [0.25, 0.3) is 5.91 Å². The normalized spacial score (nSPS) is 16.0. The molecule has 0 N–H and O–H groups in total. The van der Waals surface area contributed by atoms with Gasteiger partial charge in [0.15, 0.2) is 4.32 Å². The molecule has 24 heavy (non-hydrogen) atoms. The molecule has 1 heterocycles. The first kappa shape index (κ1) is 16.4. The number of rotatable bonds is 3. The Morgan fingerprint density at radius 3 is 2.46 bits per heavy atom. The maximum Gasteiger partial charge on any atom is 0.270 e. The second-order valence-electron chi connectivity index (χ2n) is 5.21. The van der Waals surface area contributed by atoms with Crippen molar-refractivity contribution in [3.05, 3.63) is 70.1 Å². The zero-order valence-corrected chi connectivity index (χ0v) is 14.3. The molecule has 0 atom stereocenters. The number of thioether (sulfide) groups is 1. The van der Waals surface area contributed by atoms with E-state index in [0.717, 1.165) is 11.1 Å². The van der Waals surface area contributed by atoms with E-state index in [1.807, 2.05) is 37.3 Å². The van der Waals surface area contributed by atoms with Crippen LogP contribution in [0.1, 0.15) is 21.5 Å². The Bertz CT molecular complexity index is 872. The first-order chi connectivity index (χ1) is 11.5. The Morgan fingerprint density at radius 2 is 1.83 bits per heavy atom. The fraction of sp³-hybridized carbons (Fsp3) is 0.0556. The number of aryl methyl sites for hydroxylation is 1. The molecule has 0 aliphatic carbocycles. The lowest BCUT2D eigenvalue weighted by atomic mass is 10.1. The van der Waals surface area contributed by atoms with E-state index in [9.17, 15) is 14.7 Å². The van der Waals surface area contributed by atoms with Gasteiger partial charge in [-0.15, -0.1) is 0 Å². The summed E-state index contributed by atoms with van der Waals surface area (Å²) in [7, 11) is 0. The van der Waals surface area contributed by atoms with Crippen molar-refractivity contribution < 1.29 is 14.7 Å². The van der Waals surface area contributed by atoms with Gasteiger partial charge < -0.3 is 9.90 Å². The van der Waals surface area contributed by atoms with Gasteiger partial charge in [-0.05, 0) is 41.8 Å². The van der Waals surface area contributed by atoms with E-state index in [2.05, 4.69) is 0 Å². The minimum atomic E-state index is -1.26. The minimum absolute atomic E-state index is 0.0552. The van der Waals surface area contributed by atoms with Crippen molar-refractivity contribution in [2.75, 3.05) is 4.90 Å². The number of nitrogens with zero attached hydrogens (tertiary/aromatic N) is 1. The van der Waals surface area contributed by atoms with Crippen molar-refractivity contribution in [3.63, 3.8) is 0 Å². The van der Waals surface area contributed by atoms with Crippen LogP contribution in [-0.2, 0) is 4.79 Å². The first-order valence-corrected chi connectivity index (χ1v) is 8.35. The van der Waals surface area contributed by atoms with Crippen molar-refractivity contribution in [2.24, 2.45) is 0 Å². The van der Waals surface area contributed by atoms with Crippen molar-refractivity contribution in [2.45, 2.75) is 6.92 Å². The number of carbonyl (C=O) groups excluding carboxylic acids is 2. The van der Waals surface area contributed by atoms with Gasteiger partial charge in [-0.1, -0.05) is 60.4 Å². The summed E-state index contributed by atoms with van der Waals surface area (Å²) in [6.07, 6.45) is 1.82. The van der Waals surface area contributed by atoms with Gasteiger partial charge in [0, 0.05) is 0 Å². The lowest BCUT2D eigenvalue weighted by Crippen LogP contribution is -2.28. The van der Waals surface area contributed by atoms with Crippen molar-refractivity contribution in [3.8, 4) is 0 Å². The van der Waals surface area contributed by atoms with E-state index in [1.165, 1.54) is 28.8 Å². The van der Waals surface area contributed by atoms with E-state index in [4.69, 9.17) is 12.2 Å². The lowest BCUT2D eigenvalue weighted by molar-refractivity contribution is -0.255. The van der Waals surface area contributed by atoms with E-state index < -0.39 is 5.97 Å². The summed E-state index contributed by atoms with van der Waals surface area (Å²) >= 11 is 6.54. The molecule has 120 valence electrons. The Labute approximate surface area is 148 Å². The monoisotopic (exact) mass is 354 g/mol. The van der Waals surface area contributed by atoms with E-state index >= 15 is 0 Å². The second-order valence-corrected chi connectivity index (χ2v) is 6.88. The minimum Gasteiger partial charge on any atom is -0.545 e. The molecule has 1 fully saturated rings. The zero-order valence-electron chi connectivity index (χ0n) is 12.7. The summed E-state index contributed by atoms with van der Waals surface area (Å²) in [6, 6.07) is 13.7.